The van der Waals surface area contributed by atoms with E-state index in [0.717, 1.165) is 31.7 Å². The third-order valence-electron chi connectivity index (χ3n) is 2.34. The molecule has 0 aromatic carbocycles. The maximum Gasteiger partial charge on any atom is 0.117 e. The van der Waals surface area contributed by atoms with Gasteiger partial charge in [0.05, 0.1) is 24.3 Å². The summed E-state index contributed by atoms with van der Waals surface area (Å²) in [6, 6.07) is 6.13. The van der Waals surface area contributed by atoms with Crippen molar-refractivity contribution in [2.24, 2.45) is 5.41 Å². The lowest BCUT2D eigenvalue weighted by atomic mass is 9.90. The van der Waals surface area contributed by atoms with Crippen molar-refractivity contribution in [2.75, 3.05) is 6.54 Å². The quantitative estimate of drug-likeness (QED) is 0.728. The van der Waals surface area contributed by atoms with Crippen molar-refractivity contribution >= 4 is 0 Å². The number of nitriles is 1. The Balaban J connectivity index is 2.06. The number of rotatable bonds is 6. The van der Waals surface area contributed by atoms with E-state index in [2.05, 4.69) is 11.4 Å². The van der Waals surface area contributed by atoms with E-state index in [4.69, 9.17) is 9.68 Å². The van der Waals surface area contributed by atoms with E-state index >= 15 is 0 Å². The predicted octanol–water partition coefficient (Wildman–Crippen LogP) is 2.70. The maximum atomic E-state index is 8.82. The predicted molar refractivity (Wildman–Crippen MR) is 59.0 cm³/mol. The third kappa shape index (κ3) is 4.66. The molecule has 0 spiro atoms. The summed E-state index contributed by atoms with van der Waals surface area (Å²) in [5.74, 6) is 0.953. The molecule has 0 unspecified atom stereocenters. The van der Waals surface area contributed by atoms with Crippen molar-refractivity contribution in [1.82, 2.24) is 5.32 Å². The van der Waals surface area contributed by atoms with Gasteiger partial charge in [-0.3, -0.25) is 0 Å². The van der Waals surface area contributed by atoms with Gasteiger partial charge < -0.3 is 9.73 Å². The van der Waals surface area contributed by atoms with Crippen molar-refractivity contribution in [3.8, 4) is 6.07 Å². The molecule has 0 aliphatic carbocycles. The Morgan fingerprint density at radius 1 is 1.53 bits per heavy atom. The number of furan rings is 1. The lowest BCUT2D eigenvalue weighted by Crippen LogP contribution is -2.17. The van der Waals surface area contributed by atoms with Crippen LogP contribution in [0.4, 0.5) is 0 Å². The zero-order valence-electron chi connectivity index (χ0n) is 9.42. The zero-order chi connectivity index (χ0) is 11.1. The van der Waals surface area contributed by atoms with Gasteiger partial charge in [-0.15, -0.1) is 0 Å². The zero-order valence-corrected chi connectivity index (χ0v) is 9.42. The van der Waals surface area contributed by atoms with Crippen molar-refractivity contribution < 1.29 is 4.42 Å². The number of nitrogens with one attached hydrogen (secondary N) is 1. The second-order valence-electron chi connectivity index (χ2n) is 4.36. The summed E-state index contributed by atoms with van der Waals surface area (Å²) in [4.78, 5) is 0. The first-order chi connectivity index (χ1) is 7.14. The third-order valence-corrected chi connectivity index (χ3v) is 2.34. The second-order valence-corrected chi connectivity index (χ2v) is 4.36. The van der Waals surface area contributed by atoms with Crippen LogP contribution >= 0.6 is 0 Å². The first kappa shape index (κ1) is 11.8. The fourth-order valence-corrected chi connectivity index (χ4v) is 1.34. The monoisotopic (exact) mass is 206 g/mol. The Morgan fingerprint density at radius 3 is 2.93 bits per heavy atom. The molecule has 1 heterocycles. The second kappa shape index (κ2) is 5.57. The highest BCUT2D eigenvalue weighted by Gasteiger charge is 2.15. The van der Waals surface area contributed by atoms with Gasteiger partial charge in [0.15, 0.2) is 0 Å². The molecular weight excluding hydrogens is 188 g/mol. The summed E-state index contributed by atoms with van der Waals surface area (Å²) >= 11 is 0. The fourth-order valence-electron chi connectivity index (χ4n) is 1.34. The topological polar surface area (TPSA) is 49.0 Å². The van der Waals surface area contributed by atoms with Crippen LogP contribution in [0.2, 0.25) is 0 Å². The summed E-state index contributed by atoms with van der Waals surface area (Å²) in [5.41, 5.74) is -0.202. The molecule has 82 valence electrons. The van der Waals surface area contributed by atoms with Crippen molar-refractivity contribution in [1.29, 1.82) is 5.26 Å². The number of hydrogen-bond donors (Lipinski definition) is 1. The van der Waals surface area contributed by atoms with E-state index < -0.39 is 0 Å². The van der Waals surface area contributed by atoms with Gasteiger partial charge in [-0.1, -0.05) is 0 Å². The Morgan fingerprint density at radius 2 is 2.33 bits per heavy atom. The summed E-state index contributed by atoms with van der Waals surface area (Å²) in [5, 5.41) is 12.1. The average molecular weight is 206 g/mol. The Hall–Kier alpha value is -1.27. The van der Waals surface area contributed by atoms with Crippen molar-refractivity contribution in [3.05, 3.63) is 24.2 Å². The molecule has 3 heteroatoms. The van der Waals surface area contributed by atoms with Gasteiger partial charge in [0.2, 0.25) is 0 Å². The van der Waals surface area contributed by atoms with Crippen LogP contribution < -0.4 is 5.32 Å². The highest BCUT2D eigenvalue weighted by atomic mass is 16.3. The SMILES string of the molecule is CC(C)(C#N)CCCNCc1ccco1. The Kier molecular flexibility index (Phi) is 4.38. The first-order valence-corrected chi connectivity index (χ1v) is 5.28. The van der Waals surface area contributed by atoms with Crippen LogP contribution in [0.3, 0.4) is 0 Å². The molecule has 0 saturated heterocycles. The van der Waals surface area contributed by atoms with Gasteiger partial charge in [-0.05, 0) is 45.4 Å². The van der Waals surface area contributed by atoms with Crippen LogP contribution in [-0.2, 0) is 6.54 Å². The van der Waals surface area contributed by atoms with Crippen LogP contribution in [0.25, 0.3) is 0 Å². The summed E-state index contributed by atoms with van der Waals surface area (Å²) in [6.45, 7) is 5.63. The van der Waals surface area contributed by atoms with Crippen LogP contribution in [0.15, 0.2) is 22.8 Å². The molecular formula is C12H18N2O. The Bertz CT molecular complexity index is 309. The van der Waals surface area contributed by atoms with Gasteiger partial charge in [0.1, 0.15) is 5.76 Å². The lowest BCUT2D eigenvalue weighted by Gasteiger charge is -2.14. The van der Waals surface area contributed by atoms with E-state index in [1.54, 1.807) is 6.26 Å². The van der Waals surface area contributed by atoms with Crippen LogP contribution in [0, 0.1) is 16.7 Å². The molecule has 0 aliphatic heterocycles. The van der Waals surface area contributed by atoms with Gasteiger partial charge >= 0.3 is 0 Å². The molecule has 0 fully saturated rings. The van der Waals surface area contributed by atoms with Crippen LogP contribution in [0.1, 0.15) is 32.4 Å². The van der Waals surface area contributed by atoms with E-state index in [-0.39, 0.29) is 5.41 Å². The molecule has 0 aliphatic rings. The molecule has 0 radical (unpaired) electrons. The molecule has 1 N–H and O–H groups in total. The minimum atomic E-state index is -0.202. The molecule has 3 nitrogen and oxygen atoms in total. The summed E-state index contributed by atoms with van der Waals surface area (Å²) < 4.78 is 5.19. The van der Waals surface area contributed by atoms with Gasteiger partial charge in [0, 0.05) is 0 Å². The van der Waals surface area contributed by atoms with E-state index in [1.807, 2.05) is 26.0 Å². The van der Waals surface area contributed by atoms with Crippen molar-refractivity contribution in [2.45, 2.75) is 33.2 Å². The number of nitrogens with zero attached hydrogens (tertiary/aromatic N) is 1. The molecule has 1 rings (SSSR count). The van der Waals surface area contributed by atoms with E-state index in [0.29, 0.717) is 0 Å². The highest BCUT2D eigenvalue weighted by Crippen LogP contribution is 2.19. The first-order valence-electron chi connectivity index (χ1n) is 5.28. The molecule has 0 saturated carbocycles. The standard InChI is InChI=1S/C12H18N2O/c1-12(2,10-13)6-4-7-14-9-11-5-3-8-15-11/h3,5,8,14H,4,6-7,9H2,1-2H3. The van der Waals surface area contributed by atoms with Gasteiger partial charge in [-0.2, -0.15) is 5.26 Å². The molecule has 1 aromatic heterocycles. The fraction of sp³-hybridized carbons (Fsp3) is 0.583. The van der Waals surface area contributed by atoms with Gasteiger partial charge in [-0.25, -0.2) is 0 Å². The molecule has 0 amide bonds. The van der Waals surface area contributed by atoms with Crippen molar-refractivity contribution in [3.63, 3.8) is 0 Å². The minimum absolute atomic E-state index is 0.202. The molecule has 0 bridgehead atoms. The number of hydrogen-bond acceptors (Lipinski definition) is 3. The average Bonchev–Trinajstić information content (AvgIpc) is 2.70. The largest absolute Gasteiger partial charge is 0.468 e. The molecule has 1 aromatic rings. The Labute approximate surface area is 91.1 Å². The van der Waals surface area contributed by atoms with E-state index in [1.165, 1.54) is 0 Å². The van der Waals surface area contributed by atoms with Gasteiger partial charge in [0.25, 0.3) is 0 Å². The summed E-state index contributed by atoms with van der Waals surface area (Å²) in [6.07, 6.45) is 3.62. The minimum Gasteiger partial charge on any atom is -0.468 e. The maximum absolute atomic E-state index is 8.82. The van der Waals surface area contributed by atoms with Crippen LogP contribution in [-0.4, -0.2) is 6.54 Å². The molecule has 0 atom stereocenters. The summed E-state index contributed by atoms with van der Waals surface area (Å²) in [7, 11) is 0. The van der Waals surface area contributed by atoms with E-state index in [9.17, 15) is 0 Å². The highest BCUT2D eigenvalue weighted by molar-refractivity contribution is 4.97. The van der Waals surface area contributed by atoms with Crippen LogP contribution in [0.5, 0.6) is 0 Å². The lowest BCUT2D eigenvalue weighted by molar-refractivity contribution is 0.418. The smallest absolute Gasteiger partial charge is 0.117 e. The normalized spacial score (nSPS) is 11.3. The molecule has 15 heavy (non-hydrogen) atoms.